The van der Waals surface area contributed by atoms with Gasteiger partial charge >= 0.3 is 0 Å². The minimum absolute atomic E-state index is 0.189. The van der Waals surface area contributed by atoms with Gasteiger partial charge in [-0.15, -0.1) is 0 Å². The highest BCUT2D eigenvalue weighted by molar-refractivity contribution is 7.92. The predicted molar refractivity (Wildman–Crippen MR) is 93.1 cm³/mol. The van der Waals surface area contributed by atoms with Crippen molar-refractivity contribution in [1.29, 1.82) is 0 Å². The Labute approximate surface area is 145 Å². The zero-order valence-corrected chi connectivity index (χ0v) is 14.7. The van der Waals surface area contributed by atoms with Crippen LogP contribution in [0.2, 0.25) is 0 Å². The highest BCUT2D eigenvalue weighted by Crippen LogP contribution is 2.24. The number of hydrogen-bond donors (Lipinski definition) is 1. The molecule has 25 heavy (non-hydrogen) atoms. The van der Waals surface area contributed by atoms with Gasteiger partial charge in [0.05, 0.1) is 9.82 Å². The fraction of sp³-hybridized carbons (Fsp3) is 0.188. The molecule has 0 spiro atoms. The molecule has 9 heteroatoms. The lowest BCUT2D eigenvalue weighted by molar-refractivity contribution is -0.385. The van der Waals surface area contributed by atoms with E-state index in [2.05, 4.69) is 4.72 Å². The molecule has 0 bridgehead atoms. The Morgan fingerprint density at radius 1 is 1.16 bits per heavy atom. The molecule has 0 saturated carbocycles. The number of nitro benzene ring substituents is 1. The summed E-state index contributed by atoms with van der Waals surface area (Å²) in [5.41, 5.74) is 0.570. The van der Waals surface area contributed by atoms with Crippen molar-refractivity contribution in [3.8, 4) is 0 Å². The van der Waals surface area contributed by atoms with E-state index in [1.165, 1.54) is 29.2 Å². The van der Waals surface area contributed by atoms with Gasteiger partial charge < -0.3 is 4.90 Å². The lowest BCUT2D eigenvalue weighted by Crippen LogP contribution is -2.22. The molecular formula is C16H17N3O5S. The Hall–Kier alpha value is -2.94. The monoisotopic (exact) mass is 363 g/mol. The minimum Gasteiger partial charge on any atom is -0.345 e. The van der Waals surface area contributed by atoms with Crippen LogP contribution in [0.15, 0.2) is 47.4 Å². The van der Waals surface area contributed by atoms with Crippen molar-refractivity contribution in [3.63, 3.8) is 0 Å². The summed E-state index contributed by atoms with van der Waals surface area (Å²) in [5, 5.41) is 10.9. The molecule has 132 valence electrons. The summed E-state index contributed by atoms with van der Waals surface area (Å²) < 4.78 is 27.5. The Kier molecular flexibility index (Phi) is 5.07. The zero-order valence-electron chi connectivity index (χ0n) is 13.9. The van der Waals surface area contributed by atoms with Gasteiger partial charge in [-0.25, -0.2) is 8.42 Å². The molecule has 0 fully saturated rings. The third-order valence-corrected chi connectivity index (χ3v) is 4.96. The van der Waals surface area contributed by atoms with Gasteiger partial charge in [-0.05, 0) is 30.7 Å². The van der Waals surface area contributed by atoms with Crippen molar-refractivity contribution in [2.45, 2.75) is 11.8 Å². The maximum atomic E-state index is 12.6. The van der Waals surface area contributed by atoms with Crippen LogP contribution in [0.5, 0.6) is 0 Å². The first-order valence-electron chi connectivity index (χ1n) is 7.21. The Morgan fingerprint density at radius 2 is 1.84 bits per heavy atom. The van der Waals surface area contributed by atoms with E-state index in [1.807, 2.05) is 0 Å². The van der Waals surface area contributed by atoms with Crippen molar-refractivity contribution >= 4 is 27.3 Å². The fourth-order valence-electron chi connectivity index (χ4n) is 2.18. The molecule has 2 aromatic rings. The minimum atomic E-state index is -4.04. The molecule has 0 radical (unpaired) electrons. The van der Waals surface area contributed by atoms with Gasteiger partial charge in [-0.1, -0.05) is 12.1 Å². The molecule has 1 N–H and O–H groups in total. The number of anilines is 1. The Morgan fingerprint density at radius 3 is 2.44 bits per heavy atom. The zero-order chi connectivity index (χ0) is 18.8. The number of nitrogens with one attached hydrogen (secondary N) is 1. The third-order valence-electron chi connectivity index (χ3n) is 3.44. The van der Waals surface area contributed by atoms with Gasteiger partial charge in [0.1, 0.15) is 0 Å². The molecule has 1 amide bonds. The van der Waals surface area contributed by atoms with E-state index < -0.39 is 14.9 Å². The van der Waals surface area contributed by atoms with Gasteiger partial charge in [-0.3, -0.25) is 19.6 Å². The van der Waals surface area contributed by atoms with Crippen molar-refractivity contribution < 1.29 is 18.1 Å². The first-order chi connectivity index (χ1) is 11.6. The number of hydrogen-bond acceptors (Lipinski definition) is 5. The number of non-ortho nitro benzene ring substituents is 1. The normalized spacial score (nSPS) is 11.0. The SMILES string of the molecule is Cc1ccc([N+](=O)[O-])cc1S(=O)(=O)Nc1cccc(C(=O)N(C)C)c1. The molecule has 0 heterocycles. The topological polar surface area (TPSA) is 110 Å². The molecular weight excluding hydrogens is 346 g/mol. The van der Waals surface area contributed by atoms with E-state index in [0.29, 0.717) is 11.1 Å². The number of amides is 1. The highest BCUT2D eigenvalue weighted by atomic mass is 32.2. The summed E-state index contributed by atoms with van der Waals surface area (Å²) >= 11 is 0. The Balaban J connectivity index is 2.40. The molecule has 2 aromatic carbocycles. The van der Waals surface area contributed by atoms with Crippen molar-refractivity contribution in [2.75, 3.05) is 18.8 Å². The molecule has 0 atom stereocenters. The quantitative estimate of drug-likeness (QED) is 0.648. The van der Waals surface area contributed by atoms with E-state index in [-0.39, 0.29) is 22.2 Å². The molecule has 0 saturated heterocycles. The van der Waals surface area contributed by atoms with Crippen molar-refractivity contribution in [3.05, 3.63) is 63.7 Å². The van der Waals surface area contributed by atoms with E-state index in [0.717, 1.165) is 6.07 Å². The first kappa shape index (κ1) is 18.4. The number of benzene rings is 2. The van der Waals surface area contributed by atoms with Crippen molar-refractivity contribution in [1.82, 2.24) is 4.90 Å². The number of rotatable bonds is 5. The highest BCUT2D eigenvalue weighted by Gasteiger charge is 2.21. The smallest absolute Gasteiger partial charge is 0.270 e. The average molecular weight is 363 g/mol. The van der Waals surface area contributed by atoms with Crippen LogP contribution in [0.25, 0.3) is 0 Å². The molecule has 0 unspecified atom stereocenters. The summed E-state index contributed by atoms with van der Waals surface area (Å²) in [7, 11) is -0.864. The van der Waals surface area contributed by atoms with Crippen LogP contribution in [0.1, 0.15) is 15.9 Å². The summed E-state index contributed by atoms with van der Waals surface area (Å²) in [4.78, 5) is 23.4. The second kappa shape index (κ2) is 6.89. The van der Waals surface area contributed by atoms with Crippen LogP contribution in [-0.2, 0) is 10.0 Å². The number of carbonyl (C=O) groups excluding carboxylic acids is 1. The van der Waals surface area contributed by atoms with Crippen LogP contribution < -0.4 is 4.72 Å². The van der Waals surface area contributed by atoms with Gasteiger partial charge in [-0.2, -0.15) is 0 Å². The molecule has 0 aliphatic heterocycles. The molecule has 2 rings (SSSR count). The van der Waals surface area contributed by atoms with Gasteiger partial charge in [0, 0.05) is 37.5 Å². The summed E-state index contributed by atoms with van der Waals surface area (Å²) in [5.74, 6) is -0.271. The van der Waals surface area contributed by atoms with Crippen LogP contribution in [-0.4, -0.2) is 38.2 Å². The fourth-order valence-corrected chi connectivity index (χ4v) is 3.49. The van der Waals surface area contributed by atoms with E-state index in [4.69, 9.17) is 0 Å². The molecule has 0 aliphatic rings. The summed E-state index contributed by atoms with van der Waals surface area (Å²) in [6.45, 7) is 1.55. The lowest BCUT2D eigenvalue weighted by Gasteiger charge is -2.13. The van der Waals surface area contributed by atoms with Gasteiger partial charge in [0.15, 0.2) is 0 Å². The van der Waals surface area contributed by atoms with Crippen molar-refractivity contribution in [2.24, 2.45) is 0 Å². The predicted octanol–water partition coefficient (Wildman–Crippen LogP) is 2.41. The van der Waals surface area contributed by atoms with Crippen LogP contribution in [0.4, 0.5) is 11.4 Å². The Bertz CT molecular complexity index is 939. The van der Waals surface area contributed by atoms with Gasteiger partial charge in [0.2, 0.25) is 0 Å². The second-order valence-electron chi connectivity index (χ2n) is 5.59. The van der Waals surface area contributed by atoms with E-state index in [9.17, 15) is 23.3 Å². The van der Waals surface area contributed by atoms with E-state index >= 15 is 0 Å². The molecule has 0 aliphatic carbocycles. The number of carbonyl (C=O) groups is 1. The second-order valence-corrected chi connectivity index (χ2v) is 7.24. The summed E-state index contributed by atoms with van der Waals surface area (Å²) in [6, 6.07) is 9.65. The average Bonchev–Trinajstić information content (AvgIpc) is 2.53. The number of nitrogens with zero attached hydrogens (tertiary/aromatic N) is 2. The first-order valence-corrected chi connectivity index (χ1v) is 8.70. The molecule has 8 nitrogen and oxygen atoms in total. The van der Waals surface area contributed by atoms with Crippen LogP contribution in [0.3, 0.4) is 0 Å². The maximum absolute atomic E-state index is 12.6. The number of sulfonamides is 1. The standard InChI is InChI=1S/C16H17N3O5S/c1-11-7-8-14(19(21)22)10-15(11)25(23,24)17-13-6-4-5-12(9-13)16(20)18(2)3/h4-10,17H,1-3H3. The third kappa shape index (κ3) is 4.13. The summed E-state index contributed by atoms with van der Waals surface area (Å²) in [6.07, 6.45) is 0. The van der Waals surface area contributed by atoms with E-state index in [1.54, 1.807) is 33.2 Å². The number of nitro groups is 1. The maximum Gasteiger partial charge on any atom is 0.270 e. The number of aryl methyl sites for hydroxylation is 1. The van der Waals surface area contributed by atoms with Crippen LogP contribution in [0, 0.1) is 17.0 Å². The largest absolute Gasteiger partial charge is 0.345 e. The van der Waals surface area contributed by atoms with Crippen LogP contribution >= 0.6 is 0 Å². The molecule has 0 aromatic heterocycles. The lowest BCUT2D eigenvalue weighted by atomic mass is 10.2. The van der Waals surface area contributed by atoms with Gasteiger partial charge in [0.25, 0.3) is 21.6 Å².